The van der Waals surface area contributed by atoms with Crippen molar-refractivity contribution in [2.24, 2.45) is 0 Å². The Morgan fingerprint density at radius 1 is 0.833 bits per heavy atom. The van der Waals surface area contributed by atoms with E-state index in [1.807, 2.05) is 6.07 Å². The molecule has 0 aliphatic carbocycles. The molecule has 0 fully saturated rings. The van der Waals surface area contributed by atoms with Gasteiger partial charge in [0.2, 0.25) is 0 Å². The molecular formula is C24H34O5S. The van der Waals surface area contributed by atoms with Crippen LogP contribution >= 0.6 is 0 Å². The van der Waals surface area contributed by atoms with Crippen LogP contribution in [-0.4, -0.2) is 18.1 Å². The highest BCUT2D eigenvalue weighted by Gasteiger charge is 2.21. The van der Waals surface area contributed by atoms with Crippen LogP contribution in [0.3, 0.4) is 0 Å². The molecule has 0 atom stereocenters. The van der Waals surface area contributed by atoms with Gasteiger partial charge in [-0.05, 0) is 42.7 Å². The molecule has 0 unspecified atom stereocenters. The Morgan fingerprint density at radius 2 is 1.40 bits per heavy atom. The lowest BCUT2D eigenvalue weighted by molar-refractivity contribution is 0.395. The first-order valence-electron chi connectivity index (χ1n) is 11.0. The van der Waals surface area contributed by atoms with Gasteiger partial charge in [-0.15, -0.1) is 0 Å². The number of aromatic hydroxyl groups is 1. The second-order valence-electron chi connectivity index (χ2n) is 7.76. The number of ether oxygens (including phenoxy) is 1. The Labute approximate surface area is 180 Å². The number of phenols is 1. The van der Waals surface area contributed by atoms with E-state index in [-0.39, 0.29) is 5.75 Å². The molecule has 30 heavy (non-hydrogen) atoms. The second-order valence-corrected chi connectivity index (χ2v) is 9.15. The lowest BCUT2D eigenvalue weighted by Crippen LogP contribution is -2.02. The van der Waals surface area contributed by atoms with Crippen LogP contribution < -0.4 is 4.74 Å². The third kappa shape index (κ3) is 8.36. The molecule has 2 aromatic carbocycles. The van der Waals surface area contributed by atoms with Crippen molar-refractivity contribution in [2.45, 2.75) is 82.4 Å². The summed E-state index contributed by atoms with van der Waals surface area (Å²) in [5.41, 5.74) is 0.714. The van der Waals surface area contributed by atoms with Crippen molar-refractivity contribution in [1.82, 2.24) is 0 Å². The predicted molar refractivity (Wildman–Crippen MR) is 120 cm³/mol. The van der Waals surface area contributed by atoms with E-state index in [0.29, 0.717) is 17.7 Å². The average molecular weight is 435 g/mol. The van der Waals surface area contributed by atoms with Crippen molar-refractivity contribution in [2.75, 3.05) is 0 Å². The lowest BCUT2D eigenvalue weighted by Gasteiger charge is -2.13. The summed E-state index contributed by atoms with van der Waals surface area (Å²) in [6, 6.07) is 11.8. The van der Waals surface area contributed by atoms with Gasteiger partial charge in [0.25, 0.3) is 10.1 Å². The topological polar surface area (TPSA) is 83.8 Å². The maximum atomic E-state index is 11.7. The molecule has 0 amide bonds. The molecule has 166 valence electrons. The number of hydrogen-bond acceptors (Lipinski definition) is 4. The van der Waals surface area contributed by atoms with E-state index in [0.717, 1.165) is 19.3 Å². The molecule has 0 radical (unpaired) electrons. The molecule has 2 rings (SSSR count). The largest absolute Gasteiger partial charge is 0.503 e. The number of aryl methyl sites for hydroxylation is 1. The van der Waals surface area contributed by atoms with Gasteiger partial charge in [-0.1, -0.05) is 82.9 Å². The van der Waals surface area contributed by atoms with Crippen molar-refractivity contribution >= 4 is 10.1 Å². The smallest absolute Gasteiger partial charge is 0.298 e. The van der Waals surface area contributed by atoms with Gasteiger partial charge in [-0.2, -0.15) is 8.42 Å². The van der Waals surface area contributed by atoms with E-state index in [9.17, 15) is 18.1 Å². The summed E-state index contributed by atoms with van der Waals surface area (Å²) in [5, 5.41) is 10.3. The Balaban J connectivity index is 1.91. The highest BCUT2D eigenvalue weighted by atomic mass is 32.2. The quantitative estimate of drug-likeness (QED) is 0.250. The number of benzene rings is 2. The van der Waals surface area contributed by atoms with Crippen molar-refractivity contribution in [3.05, 3.63) is 48.0 Å². The standard InChI is InChI=1S/C24H34O5S/c1-2-3-4-5-6-7-8-9-10-12-15-20-18-22(29-21-16-13-11-14-17-21)24(25)23(19-20)30(26,27)28/h11,13-14,16-19,25H,2-10,12,15H2,1H3,(H,26,27,28). The van der Waals surface area contributed by atoms with E-state index in [1.54, 1.807) is 30.3 Å². The first-order chi connectivity index (χ1) is 14.4. The Hall–Kier alpha value is -2.05. The van der Waals surface area contributed by atoms with Crippen molar-refractivity contribution in [3.8, 4) is 17.2 Å². The van der Waals surface area contributed by atoms with Crippen molar-refractivity contribution < 1.29 is 22.8 Å². The van der Waals surface area contributed by atoms with E-state index < -0.39 is 20.8 Å². The number of unbranched alkanes of at least 4 members (excludes halogenated alkanes) is 9. The first-order valence-corrected chi connectivity index (χ1v) is 12.4. The van der Waals surface area contributed by atoms with Gasteiger partial charge in [0.15, 0.2) is 11.5 Å². The number of phenolic OH excluding ortho intramolecular Hbond substituents is 1. The molecule has 5 nitrogen and oxygen atoms in total. The van der Waals surface area contributed by atoms with Crippen LogP contribution in [0.25, 0.3) is 0 Å². The van der Waals surface area contributed by atoms with Crippen molar-refractivity contribution in [1.29, 1.82) is 0 Å². The zero-order valence-corrected chi connectivity index (χ0v) is 18.7. The molecule has 0 aromatic heterocycles. The summed E-state index contributed by atoms with van der Waals surface area (Å²) in [6.07, 6.45) is 12.8. The summed E-state index contributed by atoms with van der Waals surface area (Å²) in [7, 11) is -4.55. The lowest BCUT2D eigenvalue weighted by atomic mass is 10.0. The molecule has 0 saturated carbocycles. The van der Waals surface area contributed by atoms with Gasteiger partial charge >= 0.3 is 0 Å². The third-order valence-corrected chi connectivity index (χ3v) is 6.03. The molecule has 0 heterocycles. The van der Waals surface area contributed by atoms with Crippen LogP contribution in [0.2, 0.25) is 0 Å². The van der Waals surface area contributed by atoms with E-state index in [4.69, 9.17) is 4.74 Å². The average Bonchev–Trinajstić information content (AvgIpc) is 2.71. The highest BCUT2D eigenvalue weighted by Crippen LogP contribution is 2.37. The van der Waals surface area contributed by atoms with Gasteiger partial charge in [0, 0.05) is 0 Å². The van der Waals surface area contributed by atoms with Gasteiger partial charge in [-0.25, -0.2) is 0 Å². The molecule has 0 bridgehead atoms. The molecule has 0 saturated heterocycles. The van der Waals surface area contributed by atoms with Gasteiger partial charge < -0.3 is 9.84 Å². The maximum absolute atomic E-state index is 11.7. The minimum atomic E-state index is -4.55. The third-order valence-electron chi connectivity index (χ3n) is 5.17. The molecule has 2 N–H and O–H groups in total. The summed E-state index contributed by atoms with van der Waals surface area (Å²) in [4.78, 5) is -0.516. The van der Waals surface area contributed by atoms with Gasteiger partial charge in [0.1, 0.15) is 10.6 Å². The van der Waals surface area contributed by atoms with Crippen LogP contribution in [0, 0.1) is 0 Å². The van der Waals surface area contributed by atoms with Crippen LogP contribution in [0.4, 0.5) is 0 Å². The summed E-state index contributed by atoms with van der Waals surface area (Å²) >= 11 is 0. The maximum Gasteiger partial charge on any atom is 0.298 e. The Bertz CT molecular complexity index is 863. The monoisotopic (exact) mass is 434 g/mol. The van der Waals surface area contributed by atoms with Crippen molar-refractivity contribution in [3.63, 3.8) is 0 Å². The van der Waals surface area contributed by atoms with Crippen LogP contribution in [0.15, 0.2) is 47.4 Å². The molecule has 0 aliphatic rings. The normalized spacial score (nSPS) is 11.5. The molecular weight excluding hydrogens is 400 g/mol. The fourth-order valence-electron chi connectivity index (χ4n) is 3.49. The van der Waals surface area contributed by atoms with E-state index >= 15 is 0 Å². The van der Waals surface area contributed by atoms with E-state index in [1.165, 1.54) is 51.0 Å². The number of rotatable bonds is 14. The molecule has 2 aromatic rings. The van der Waals surface area contributed by atoms with Gasteiger partial charge in [-0.3, -0.25) is 4.55 Å². The molecule has 0 spiro atoms. The predicted octanol–water partition coefficient (Wildman–Crippen LogP) is 6.89. The Morgan fingerprint density at radius 3 is 1.97 bits per heavy atom. The summed E-state index contributed by atoms with van der Waals surface area (Å²) in [6.45, 7) is 2.23. The highest BCUT2D eigenvalue weighted by molar-refractivity contribution is 7.86. The molecule has 6 heteroatoms. The SMILES string of the molecule is CCCCCCCCCCCCc1cc(Oc2ccccc2)c(O)c(S(=O)(=O)O)c1. The Kier molecular flexibility index (Phi) is 10.2. The summed E-state index contributed by atoms with van der Waals surface area (Å²) in [5.74, 6) is -0.0724. The second kappa shape index (κ2) is 12.6. The number of para-hydroxylation sites is 1. The first kappa shape index (κ1) is 24.2. The molecule has 0 aliphatic heterocycles. The fourth-order valence-corrected chi connectivity index (χ4v) is 4.13. The number of hydrogen-bond donors (Lipinski definition) is 2. The van der Waals surface area contributed by atoms with Gasteiger partial charge in [0.05, 0.1) is 0 Å². The zero-order valence-electron chi connectivity index (χ0n) is 17.8. The van der Waals surface area contributed by atoms with E-state index in [2.05, 4.69) is 6.92 Å². The van der Waals surface area contributed by atoms with Crippen LogP contribution in [-0.2, 0) is 16.5 Å². The zero-order chi connectivity index (χ0) is 21.8. The minimum absolute atomic E-state index is 0.0263. The summed E-state index contributed by atoms with van der Waals surface area (Å²) < 4.78 is 38.5. The fraction of sp³-hybridized carbons (Fsp3) is 0.500. The van der Waals surface area contributed by atoms with Crippen LogP contribution in [0.5, 0.6) is 17.2 Å². The minimum Gasteiger partial charge on any atom is -0.503 e. The van der Waals surface area contributed by atoms with Crippen LogP contribution in [0.1, 0.15) is 76.7 Å².